The van der Waals surface area contributed by atoms with Crippen molar-refractivity contribution in [2.45, 2.75) is 49.8 Å². The number of para-hydroxylation sites is 1. The lowest BCUT2D eigenvalue weighted by Gasteiger charge is -2.50. The van der Waals surface area contributed by atoms with Gasteiger partial charge in [0.1, 0.15) is 0 Å². The number of hydrogen-bond acceptors (Lipinski definition) is 4. The summed E-state index contributed by atoms with van der Waals surface area (Å²) in [6, 6.07) is 13.3. The molecule has 0 radical (unpaired) electrons. The van der Waals surface area contributed by atoms with Crippen LogP contribution in [-0.2, 0) is 26.3 Å². The lowest BCUT2D eigenvalue weighted by molar-refractivity contribution is -0.271. The van der Waals surface area contributed by atoms with Crippen LogP contribution in [0.3, 0.4) is 0 Å². The molecule has 0 aliphatic carbocycles. The number of likely N-dealkylation sites (tertiary alicyclic amines) is 1. The number of benzene rings is 2. The second kappa shape index (κ2) is 9.67. The minimum atomic E-state index is -4.95. The highest BCUT2D eigenvalue weighted by Crippen LogP contribution is 2.52. The van der Waals surface area contributed by atoms with E-state index in [0.717, 1.165) is 37.7 Å². The predicted octanol–water partition coefficient (Wildman–Crippen LogP) is 4.36. The Hall–Kier alpha value is -3.07. The lowest BCUT2D eigenvalue weighted by atomic mass is 9.62. The van der Waals surface area contributed by atoms with Crippen LogP contribution >= 0.6 is 0 Å². The van der Waals surface area contributed by atoms with Crippen LogP contribution < -0.4 is 10.6 Å². The van der Waals surface area contributed by atoms with Gasteiger partial charge in [-0.2, -0.15) is 13.2 Å². The van der Waals surface area contributed by atoms with Crippen LogP contribution in [0.4, 0.5) is 18.9 Å². The quantitative estimate of drug-likeness (QED) is 0.635. The van der Waals surface area contributed by atoms with Gasteiger partial charge in [-0.05, 0) is 42.2 Å². The summed E-state index contributed by atoms with van der Waals surface area (Å²) < 4.78 is 48.5. The number of carbonyl (C=O) groups is 2. The molecule has 2 fully saturated rings. The fraction of sp³-hybridized carbons (Fsp3) is 0.500. The largest absolute Gasteiger partial charge is 0.430 e. The molecular formula is C28H32F3N3O3. The van der Waals surface area contributed by atoms with Crippen LogP contribution in [0.5, 0.6) is 0 Å². The highest BCUT2D eigenvalue weighted by atomic mass is 19.4. The molecular weight excluding hydrogens is 483 g/mol. The van der Waals surface area contributed by atoms with E-state index < -0.39 is 23.1 Å². The summed E-state index contributed by atoms with van der Waals surface area (Å²) in [7, 11) is 0.927. The molecule has 9 heteroatoms. The summed E-state index contributed by atoms with van der Waals surface area (Å²) in [5, 5.41) is 6.53. The van der Waals surface area contributed by atoms with Crippen molar-refractivity contribution in [3.8, 4) is 0 Å². The van der Waals surface area contributed by atoms with Crippen molar-refractivity contribution >= 4 is 17.5 Å². The fourth-order valence-electron chi connectivity index (χ4n) is 6.51. The third-order valence-corrected chi connectivity index (χ3v) is 8.47. The zero-order valence-corrected chi connectivity index (χ0v) is 20.9. The van der Waals surface area contributed by atoms with Crippen LogP contribution in [0.15, 0.2) is 48.5 Å². The molecule has 2 N–H and O–H groups in total. The maximum absolute atomic E-state index is 14.5. The number of fused-ring (bicyclic) bond motifs is 1. The average molecular weight is 516 g/mol. The van der Waals surface area contributed by atoms with Gasteiger partial charge in [0.05, 0.1) is 0 Å². The number of amides is 2. The smallest absolute Gasteiger partial charge is 0.385 e. The summed E-state index contributed by atoms with van der Waals surface area (Å²) in [6.07, 6.45) is -1.74. The second-order valence-electron chi connectivity index (χ2n) is 10.3. The number of ether oxygens (including phenoxy) is 1. The number of halogens is 3. The van der Waals surface area contributed by atoms with E-state index in [1.54, 1.807) is 6.07 Å². The molecule has 0 bridgehead atoms. The Kier molecular flexibility index (Phi) is 6.68. The lowest BCUT2D eigenvalue weighted by Crippen LogP contribution is -2.60. The van der Waals surface area contributed by atoms with Crippen molar-refractivity contribution in [1.29, 1.82) is 0 Å². The zero-order valence-electron chi connectivity index (χ0n) is 20.9. The molecule has 2 atom stereocenters. The van der Waals surface area contributed by atoms with Crippen LogP contribution in [0, 0.1) is 5.41 Å². The Morgan fingerprint density at radius 3 is 2.46 bits per heavy atom. The summed E-state index contributed by atoms with van der Waals surface area (Å²) in [4.78, 5) is 27.4. The summed E-state index contributed by atoms with van der Waals surface area (Å²) in [5.74, 6) is -1.16. The zero-order chi connectivity index (χ0) is 26.3. The molecule has 3 aliphatic rings. The van der Waals surface area contributed by atoms with Gasteiger partial charge in [0, 0.05) is 56.9 Å². The monoisotopic (exact) mass is 515 g/mol. The Balaban J connectivity index is 1.44. The number of piperidine rings is 2. The first-order chi connectivity index (χ1) is 17.7. The number of alkyl halides is 3. The van der Waals surface area contributed by atoms with Gasteiger partial charge >= 0.3 is 6.18 Å². The van der Waals surface area contributed by atoms with Gasteiger partial charge < -0.3 is 20.3 Å². The number of anilines is 1. The van der Waals surface area contributed by atoms with Gasteiger partial charge in [0.2, 0.25) is 5.91 Å². The first-order valence-corrected chi connectivity index (χ1v) is 12.8. The van der Waals surface area contributed by atoms with E-state index in [0.29, 0.717) is 19.4 Å². The number of methoxy groups -OCH3 is 1. The van der Waals surface area contributed by atoms with E-state index in [1.165, 1.54) is 34.7 Å². The highest BCUT2D eigenvalue weighted by molar-refractivity contribution is 5.88. The van der Waals surface area contributed by atoms with E-state index >= 15 is 0 Å². The van der Waals surface area contributed by atoms with Crippen LogP contribution in [0.1, 0.15) is 48.3 Å². The van der Waals surface area contributed by atoms with Crippen molar-refractivity contribution in [3.63, 3.8) is 0 Å². The molecule has 6 nitrogen and oxygen atoms in total. The van der Waals surface area contributed by atoms with Crippen molar-refractivity contribution in [2.24, 2.45) is 5.41 Å². The Bertz CT molecular complexity index is 1160. The third kappa shape index (κ3) is 4.27. The SMILES string of the molecule is CO[C@@](C(=O)N1CCC2(CC1)CC(=O)NC[C@H]2c1cccc2c1NCCC2)(c1ccccc1)C(F)(F)F. The molecule has 37 heavy (non-hydrogen) atoms. The standard InChI is InChI=1S/C28H32F3N3O3/c1-37-27(28(29,30)31,20-9-3-2-4-10-20)25(36)34-15-12-26(13-16-34)17-23(35)33-18-22(26)21-11-5-7-19-8-6-14-32-24(19)21/h2-5,7,9-11,22,32H,6,8,12-18H2,1H3,(H,33,35)/t22-,27+/m0/s1. The summed E-state index contributed by atoms with van der Waals surface area (Å²) in [5.41, 5.74) is -0.248. The van der Waals surface area contributed by atoms with Gasteiger partial charge in [-0.25, -0.2) is 0 Å². The van der Waals surface area contributed by atoms with Crippen molar-refractivity contribution in [1.82, 2.24) is 10.2 Å². The number of aryl methyl sites for hydroxylation is 1. The number of nitrogens with one attached hydrogen (secondary N) is 2. The molecule has 1 spiro atoms. The number of rotatable bonds is 4. The molecule has 0 aromatic heterocycles. The molecule has 0 unspecified atom stereocenters. The van der Waals surface area contributed by atoms with E-state index in [2.05, 4.69) is 22.8 Å². The van der Waals surface area contributed by atoms with Gasteiger partial charge in [-0.15, -0.1) is 0 Å². The number of hydrogen-bond donors (Lipinski definition) is 2. The third-order valence-electron chi connectivity index (χ3n) is 8.47. The first-order valence-electron chi connectivity index (χ1n) is 12.8. The minimum Gasteiger partial charge on any atom is -0.385 e. The molecule has 2 saturated heterocycles. The molecule has 2 aromatic carbocycles. The van der Waals surface area contributed by atoms with Gasteiger partial charge in [0.25, 0.3) is 11.5 Å². The number of carbonyl (C=O) groups excluding carboxylic acids is 2. The summed E-state index contributed by atoms with van der Waals surface area (Å²) in [6.45, 7) is 1.60. The Morgan fingerprint density at radius 2 is 1.78 bits per heavy atom. The van der Waals surface area contributed by atoms with Crippen LogP contribution in [0.2, 0.25) is 0 Å². The molecule has 2 aromatic rings. The van der Waals surface area contributed by atoms with E-state index in [-0.39, 0.29) is 36.9 Å². The number of nitrogens with zero attached hydrogens (tertiary/aromatic N) is 1. The molecule has 2 amide bonds. The first kappa shape index (κ1) is 25.6. The van der Waals surface area contributed by atoms with Gasteiger partial charge in [-0.1, -0.05) is 48.5 Å². The second-order valence-corrected chi connectivity index (χ2v) is 10.3. The fourth-order valence-corrected chi connectivity index (χ4v) is 6.51. The molecule has 5 rings (SSSR count). The van der Waals surface area contributed by atoms with E-state index in [9.17, 15) is 22.8 Å². The normalized spacial score (nSPS) is 23.0. The van der Waals surface area contributed by atoms with Crippen molar-refractivity contribution in [2.75, 3.05) is 38.6 Å². The van der Waals surface area contributed by atoms with E-state index in [1.807, 2.05) is 6.07 Å². The minimum absolute atomic E-state index is 0.00641. The predicted molar refractivity (Wildman–Crippen MR) is 133 cm³/mol. The van der Waals surface area contributed by atoms with Crippen molar-refractivity contribution in [3.05, 3.63) is 65.2 Å². The maximum Gasteiger partial charge on any atom is 0.430 e. The topological polar surface area (TPSA) is 70.7 Å². The molecule has 198 valence electrons. The van der Waals surface area contributed by atoms with Crippen LogP contribution in [0.25, 0.3) is 0 Å². The molecule has 0 saturated carbocycles. The Morgan fingerprint density at radius 1 is 1.05 bits per heavy atom. The summed E-state index contributed by atoms with van der Waals surface area (Å²) >= 11 is 0. The maximum atomic E-state index is 14.5. The Labute approximate surface area is 214 Å². The highest BCUT2D eigenvalue weighted by Gasteiger charge is 2.64. The van der Waals surface area contributed by atoms with Crippen LogP contribution in [-0.4, -0.2) is 56.2 Å². The van der Waals surface area contributed by atoms with Gasteiger partial charge in [-0.3, -0.25) is 9.59 Å². The van der Waals surface area contributed by atoms with Crippen molar-refractivity contribution < 1.29 is 27.5 Å². The van der Waals surface area contributed by atoms with Gasteiger partial charge in [0.15, 0.2) is 0 Å². The molecule has 3 heterocycles. The molecule has 3 aliphatic heterocycles. The van der Waals surface area contributed by atoms with E-state index in [4.69, 9.17) is 4.74 Å². The average Bonchev–Trinajstić information content (AvgIpc) is 2.89.